The van der Waals surface area contributed by atoms with E-state index in [-0.39, 0.29) is 6.04 Å². The van der Waals surface area contributed by atoms with Gasteiger partial charge in [0.15, 0.2) is 0 Å². The molecule has 0 unspecified atom stereocenters. The molecule has 0 aliphatic heterocycles. The average molecular weight is 233 g/mol. The van der Waals surface area contributed by atoms with Crippen molar-refractivity contribution in [2.24, 2.45) is 0 Å². The Morgan fingerprint density at radius 3 is 2.65 bits per heavy atom. The van der Waals surface area contributed by atoms with Gasteiger partial charge in [0.25, 0.3) is 0 Å². The highest BCUT2D eigenvalue weighted by Gasteiger charge is 2.15. The Balaban J connectivity index is 2.76. The third-order valence-electron chi connectivity index (χ3n) is 2.83. The quantitative estimate of drug-likeness (QED) is 0.886. The highest BCUT2D eigenvalue weighted by molar-refractivity contribution is 6.04. The van der Waals surface area contributed by atoms with Crippen molar-refractivity contribution in [1.29, 1.82) is 0 Å². The largest absolute Gasteiger partial charge is 0.497 e. The first-order valence-electron chi connectivity index (χ1n) is 5.46. The van der Waals surface area contributed by atoms with Gasteiger partial charge in [0, 0.05) is 23.1 Å². The van der Waals surface area contributed by atoms with Crippen LogP contribution in [-0.4, -0.2) is 22.8 Å². The number of methoxy groups -OCH3 is 1. The number of carboxylic acid groups (broad SMARTS) is 1. The summed E-state index contributed by atoms with van der Waals surface area (Å²) in [4.78, 5) is 11.2. The summed E-state index contributed by atoms with van der Waals surface area (Å²) in [6.07, 6.45) is 1.68. The molecule has 0 saturated carbocycles. The number of benzene rings is 1. The number of carboxylic acids is 1. The van der Waals surface area contributed by atoms with Gasteiger partial charge in [0.1, 0.15) is 5.75 Å². The summed E-state index contributed by atoms with van der Waals surface area (Å²) < 4.78 is 7.08. The van der Waals surface area contributed by atoms with E-state index in [1.807, 2.05) is 30.5 Å². The summed E-state index contributed by atoms with van der Waals surface area (Å²) in [6.45, 7) is 4.05. The molecule has 0 amide bonds. The van der Waals surface area contributed by atoms with Crippen molar-refractivity contribution < 1.29 is 14.6 Å². The van der Waals surface area contributed by atoms with Crippen LogP contribution in [0.4, 0.5) is 0 Å². The fourth-order valence-corrected chi connectivity index (χ4v) is 1.96. The average Bonchev–Trinajstić information content (AvgIpc) is 2.67. The molecule has 1 N–H and O–H groups in total. The van der Waals surface area contributed by atoms with Crippen LogP contribution in [0.25, 0.3) is 10.9 Å². The lowest BCUT2D eigenvalue weighted by molar-refractivity contribution is 0.0699. The van der Waals surface area contributed by atoms with E-state index in [1.54, 1.807) is 19.4 Å². The maximum atomic E-state index is 11.2. The standard InChI is InChI=1S/C13H15NO3/c1-8(2)14-7-11(13(15)16)10-6-9(17-3)4-5-12(10)14/h4-8H,1-3H3,(H,15,16). The van der Waals surface area contributed by atoms with Crippen molar-refractivity contribution in [1.82, 2.24) is 4.57 Å². The van der Waals surface area contributed by atoms with Gasteiger partial charge in [0.2, 0.25) is 0 Å². The van der Waals surface area contributed by atoms with E-state index in [0.29, 0.717) is 16.7 Å². The molecule has 4 heteroatoms. The lowest BCUT2D eigenvalue weighted by atomic mass is 10.1. The Hall–Kier alpha value is -1.97. The van der Waals surface area contributed by atoms with Crippen molar-refractivity contribution >= 4 is 16.9 Å². The molecule has 0 saturated heterocycles. The molecule has 1 aromatic heterocycles. The third-order valence-corrected chi connectivity index (χ3v) is 2.83. The minimum absolute atomic E-state index is 0.221. The lowest BCUT2D eigenvalue weighted by Gasteiger charge is -2.09. The Morgan fingerprint density at radius 1 is 1.41 bits per heavy atom. The fourth-order valence-electron chi connectivity index (χ4n) is 1.96. The molecular formula is C13H15NO3. The molecule has 4 nitrogen and oxygen atoms in total. The second kappa shape index (κ2) is 4.13. The number of ether oxygens (including phenoxy) is 1. The summed E-state index contributed by atoms with van der Waals surface area (Å²) >= 11 is 0. The van der Waals surface area contributed by atoms with Gasteiger partial charge >= 0.3 is 5.97 Å². The molecular weight excluding hydrogens is 218 g/mol. The van der Waals surface area contributed by atoms with Gasteiger partial charge in [0.05, 0.1) is 12.7 Å². The molecule has 0 fully saturated rings. The summed E-state index contributed by atoms with van der Waals surface area (Å²) in [7, 11) is 1.57. The molecule has 1 aromatic carbocycles. The number of aromatic carboxylic acids is 1. The van der Waals surface area contributed by atoms with Crippen molar-refractivity contribution in [3.05, 3.63) is 30.0 Å². The Kier molecular flexibility index (Phi) is 2.79. The van der Waals surface area contributed by atoms with Gasteiger partial charge < -0.3 is 14.4 Å². The second-order valence-electron chi connectivity index (χ2n) is 4.23. The van der Waals surface area contributed by atoms with Gasteiger partial charge in [-0.3, -0.25) is 0 Å². The third kappa shape index (κ3) is 1.86. The van der Waals surface area contributed by atoms with Crippen LogP contribution in [0, 0.1) is 0 Å². The van der Waals surface area contributed by atoms with Crippen LogP contribution in [0.3, 0.4) is 0 Å². The maximum absolute atomic E-state index is 11.2. The minimum atomic E-state index is -0.914. The fraction of sp³-hybridized carbons (Fsp3) is 0.308. The summed E-state index contributed by atoms with van der Waals surface area (Å²) in [5.74, 6) is -0.246. The predicted molar refractivity (Wildman–Crippen MR) is 65.8 cm³/mol. The first-order valence-corrected chi connectivity index (χ1v) is 5.46. The zero-order valence-corrected chi connectivity index (χ0v) is 10.1. The van der Waals surface area contributed by atoms with Crippen LogP contribution in [0.15, 0.2) is 24.4 Å². The maximum Gasteiger partial charge on any atom is 0.337 e. The van der Waals surface area contributed by atoms with E-state index in [0.717, 1.165) is 5.52 Å². The molecule has 0 spiro atoms. The number of aromatic nitrogens is 1. The number of carbonyl (C=O) groups is 1. The first kappa shape index (κ1) is 11.5. The van der Waals surface area contributed by atoms with Crippen molar-refractivity contribution in [3.8, 4) is 5.75 Å². The normalized spacial score (nSPS) is 11.1. The van der Waals surface area contributed by atoms with E-state index in [2.05, 4.69) is 0 Å². The summed E-state index contributed by atoms with van der Waals surface area (Å²) in [5.41, 5.74) is 1.23. The first-order chi connectivity index (χ1) is 8.04. The monoisotopic (exact) mass is 233 g/mol. The molecule has 2 aromatic rings. The highest BCUT2D eigenvalue weighted by atomic mass is 16.5. The number of rotatable bonds is 3. The topological polar surface area (TPSA) is 51.5 Å². The molecule has 2 rings (SSSR count). The van der Waals surface area contributed by atoms with Crippen LogP contribution >= 0.6 is 0 Å². The van der Waals surface area contributed by atoms with Crippen LogP contribution in [0.1, 0.15) is 30.2 Å². The molecule has 0 aliphatic carbocycles. The van der Waals surface area contributed by atoms with Crippen LogP contribution in [0.2, 0.25) is 0 Å². The Morgan fingerprint density at radius 2 is 2.12 bits per heavy atom. The van der Waals surface area contributed by atoms with Gasteiger partial charge in [-0.2, -0.15) is 0 Å². The summed E-state index contributed by atoms with van der Waals surface area (Å²) in [6, 6.07) is 5.71. The van der Waals surface area contributed by atoms with Gasteiger partial charge in [-0.1, -0.05) is 0 Å². The summed E-state index contributed by atoms with van der Waals surface area (Å²) in [5, 5.41) is 9.90. The second-order valence-corrected chi connectivity index (χ2v) is 4.23. The van der Waals surface area contributed by atoms with Gasteiger partial charge in [-0.15, -0.1) is 0 Å². The Bertz CT molecular complexity index is 569. The van der Waals surface area contributed by atoms with E-state index in [4.69, 9.17) is 4.74 Å². The molecule has 0 atom stereocenters. The van der Waals surface area contributed by atoms with Crippen molar-refractivity contribution in [3.63, 3.8) is 0 Å². The molecule has 0 bridgehead atoms. The zero-order valence-electron chi connectivity index (χ0n) is 10.1. The lowest BCUT2D eigenvalue weighted by Crippen LogP contribution is -1.99. The van der Waals surface area contributed by atoms with Crippen molar-refractivity contribution in [2.75, 3.05) is 7.11 Å². The number of hydrogen-bond donors (Lipinski definition) is 1. The molecule has 17 heavy (non-hydrogen) atoms. The minimum Gasteiger partial charge on any atom is -0.497 e. The van der Waals surface area contributed by atoms with Crippen LogP contribution in [-0.2, 0) is 0 Å². The van der Waals surface area contributed by atoms with Crippen molar-refractivity contribution in [2.45, 2.75) is 19.9 Å². The molecule has 0 aliphatic rings. The smallest absolute Gasteiger partial charge is 0.337 e. The number of nitrogens with zero attached hydrogens (tertiary/aromatic N) is 1. The van der Waals surface area contributed by atoms with E-state index >= 15 is 0 Å². The highest BCUT2D eigenvalue weighted by Crippen LogP contribution is 2.28. The Labute approximate surface area is 99.4 Å². The predicted octanol–water partition coefficient (Wildman–Crippen LogP) is 2.93. The SMILES string of the molecule is COc1ccc2c(c1)c(C(=O)O)cn2C(C)C. The van der Waals surface area contributed by atoms with Crippen LogP contribution in [0.5, 0.6) is 5.75 Å². The van der Waals surface area contributed by atoms with E-state index < -0.39 is 5.97 Å². The molecule has 90 valence electrons. The van der Waals surface area contributed by atoms with Gasteiger partial charge in [-0.05, 0) is 32.0 Å². The van der Waals surface area contributed by atoms with Crippen LogP contribution < -0.4 is 4.74 Å². The number of hydrogen-bond acceptors (Lipinski definition) is 2. The van der Waals surface area contributed by atoms with E-state index in [9.17, 15) is 9.90 Å². The van der Waals surface area contributed by atoms with Gasteiger partial charge in [-0.25, -0.2) is 4.79 Å². The molecule has 0 radical (unpaired) electrons. The number of fused-ring (bicyclic) bond motifs is 1. The molecule has 1 heterocycles. The van der Waals surface area contributed by atoms with E-state index in [1.165, 1.54) is 0 Å². The zero-order chi connectivity index (χ0) is 12.6.